The van der Waals surface area contributed by atoms with E-state index in [-0.39, 0.29) is 19.3 Å². The van der Waals surface area contributed by atoms with Crippen molar-refractivity contribution in [2.75, 3.05) is 6.61 Å². The van der Waals surface area contributed by atoms with Gasteiger partial charge in [-0.1, -0.05) is 58.4 Å². The molecule has 1 atom stereocenters. The highest BCUT2D eigenvalue weighted by atomic mass is 79.9. The van der Waals surface area contributed by atoms with E-state index in [0.717, 1.165) is 15.6 Å². The molecule has 116 valence electrons. The number of nitrogens with one attached hydrogen (secondary N) is 1. The van der Waals surface area contributed by atoms with Gasteiger partial charge in [-0.25, -0.2) is 4.79 Å². The van der Waals surface area contributed by atoms with Crippen LogP contribution < -0.4 is 5.32 Å². The summed E-state index contributed by atoms with van der Waals surface area (Å²) in [7, 11) is 0. The lowest BCUT2D eigenvalue weighted by molar-refractivity contribution is 0.133. The van der Waals surface area contributed by atoms with Gasteiger partial charge in [0.15, 0.2) is 0 Å². The van der Waals surface area contributed by atoms with E-state index in [1.807, 2.05) is 54.6 Å². The molecule has 4 nitrogen and oxygen atoms in total. The van der Waals surface area contributed by atoms with Gasteiger partial charge in [-0.15, -0.1) is 0 Å². The largest absolute Gasteiger partial charge is 0.445 e. The fraction of sp³-hybridized carbons (Fsp3) is 0.235. The molecule has 2 rings (SSSR count). The summed E-state index contributed by atoms with van der Waals surface area (Å²) in [6, 6.07) is 16.8. The fourth-order valence-corrected chi connectivity index (χ4v) is 2.32. The Bertz CT molecular complexity index is 587. The molecule has 0 aliphatic carbocycles. The second-order valence-corrected chi connectivity index (χ2v) is 5.74. The molecule has 1 unspecified atom stereocenters. The van der Waals surface area contributed by atoms with Crippen molar-refractivity contribution >= 4 is 22.0 Å². The number of carbonyl (C=O) groups excluding carboxylic acids is 1. The molecule has 0 aliphatic rings. The number of ether oxygens (including phenoxy) is 1. The van der Waals surface area contributed by atoms with Gasteiger partial charge in [-0.2, -0.15) is 0 Å². The molecule has 0 aliphatic heterocycles. The van der Waals surface area contributed by atoms with Gasteiger partial charge in [-0.3, -0.25) is 0 Å². The first-order valence-corrected chi connectivity index (χ1v) is 7.82. The first kappa shape index (κ1) is 16.5. The Hall–Kier alpha value is -1.85. The zero-order valence-corrected chi connectivity index (χ0v) is 13.6. The molecule has 2 N–H and O–H groups in total. The Balaban J connectivity index is 1.92. The smallest absolute Gasteiger partial charge is 0.407 e. The molecule has 0 fully saturated rings. The number of alkyl carbamates (subject to hydrolysis) is 1. The minimum absolute atomic E-state index is 0.0142. The highest BCUT2D eigenvalue weighted by Gasteiger charge is 2.15. The van der Waals surface area contributed by atoms with Crippen molar-refractivity contribution < 1.29 is 14.6 Å². The Morgan fingerprint density at radius 2 is 1.82 bits per heavy atom. The van der Waals surface area contributed by atoms with Crippen LogP contribution in [-0.4, -0.2) is 17.8 Å². The van der Waals surface area contributed by atoms with Gasteiger partial charge in [0.25, 0.3) is 0 Å². The zero-order valence-electron chi connectivity index (χ0n) is 12.0. The first-order valence-electron chi connectivity index (χ1n) is 7.02. The Kier molecular flexibility index (Phi) is 6.43. The van der Waals surface area contributed by atoms with Crippen LogP contribution in [0.5, 0.6) is 0 Å². The second-order valence-electron chi connectivity index (χ2n) is 4.82. The number of carbonyl (C=O) groups is 1. The topological polar surface area (TPSA) is 58.6 Å². The lowest BCUT2D eigenvalue weighted by Gasteiger charge is -2.18. The minimum Gasteiger partial charge on any atom is -0.445 e. The van der Waals surface area contributed by atoms with Crippen LogP contribution in [0, 0.1) is 0 Å². The van der Waals surface area contributed by atoms with Gasteiger partial charge in [0.05, 0.1) is 6.04 Å². The number of aliphatic hydroxyl groups excluding tert-OH is 1. The van der Waals surface area contributed by atoms with Gasteiger partial charge in [0.2, 0.25) is 0 Å². The van der Waals surface area contributed by atoms with Crippen LogP contribution in [0.2, 0.25) is 0 Å². The molecule has 0 saturated carbocycles. The van der Waals surface area contributed by atoms with Crippen molar-refractivity contribution in [1.82, 2.24) is 5.32 Å². The Labute approximate surface area is 138 Å². The number of halogens is 1. The van der Waals surface area contributed by atoms with Crippen molar-refractivity contribution in [2.45, 2.75) is 19.1 Å². The monoisotopic (exact) mass is 363 g/mol. The number of aliphatic hydroxyl groups is 1. The zero-order chi connectivity index (χ0) is 15.8. The van der Waals surface area contributed by atoms with Gasteiger partial charge < -0.3 is 15.2 Å². The number of rotatable bonds is 6. The average Bonchev–Trinajstić information content (AvgIpc) is 2.54. The summed E-state index contributed by atoms with van der Waals surface area (Å²) in [6.45, 7) is 0.207. The second kappa shape index (κ2) is 8.56. The lowest BCUT2D eigenvalue weighted by atomic mass is 10.0. The third kappa shape index (κ3) is 5.16. The van der Waals surface area contributed by atoms with Crippen molar-refractivity contribution in [3.8, 4) is 0 Å². The van der Waals surface area contributed by atoms with Crippen LogP contribution in [0.15, 0.2) is 59.1 Å². The molecule has 0 spiro atoms. The van der Waals surface area contributed by atoms with Gasteiger partial charge in [-0.05, 0) is 29.7 Å². The summed E-state index contributed by atoms with van der Waals surface area (Å²) in [5.74, 6) is 0. The summed E-state index contributed by atoms with van der Waals surface area (Å²) >= 11 is 3.37. The van der Waals surface area contributed by atoms with Crippen LogP contribution in [0.4, 0.5) is 4.79 Å². The predicted molar refractivity (Wildman–Crippen MR) is 88.3 cm³/mol. The summed E-state index contributed by atoms with van der Waals surface area (Å²) in [5, 5.41) is 12.0. The normalized spacial score (nSPS) is 11.7. The van der Waals surface area contributed by atoms with Crippen LogP contribution >= 0.6 is 15.9 Å². The summed E-state index contributed by atoms with van der Waals surface area (Å²) < 4.78 is 6.17. The number of benzene rings is 2. The highest BCUT2D eigenvalue weighted by Crippen LogP contribution is 2.19. The molecule has 0 aromatic heterocycles. The molecule has 2 aromatic rings. The van der Waals surface area contributed by atoms with E-state index >= 15 is 0 Å². The van der Waals surface area contributed by atoms with E-state index in [1.165, 1.54) is 0 Å². The predicted octanol–water partition coefficient (Wildman–Crippen LogP) is 3.80. The fourth-order valence-electron chi connectivity index (χ4n) is 2.05. The molecule has 0 bridgehead atoms. The quantitative estimate of drug-likeness (QED) is 0.820. The first-order chi connectivity index (χ1) is 10.7. The highest BCUT2D eigenvalue weighted by molar-refractivity contribution is 9.10. The summed E-state index contributed by atoms with van der Waals surface area (Å²) in [5.41, 5.74) is 1.86. The molecular weight excluding hydrogens is 346 g/mol. The van der Waals surface area contributed by atoms with Crippen LogP contribution in [-0.2, 0) is 11.3 Å². The van der Waals surface area contributed by atoms with E-state index in [0.29, 0.717) is 6.42 Å². The summed E-state index contributed by atoms with van der Waals surface area (Å²) in [6.07, 6.45) is -0.0626. The van der Waals surface area contributed by atoms with E-state index in [9.17, 15) is 9.90 Å². The van der Waals surface area contributed by atoms with Crippen LogP contribution in [0.3, 0.4) is 0 Å². The van der Waals surface area contributed by atoms with Crippen molar-refractivity contribution in [3.63, 3.8) is 0 Å². The standard InChI is InChI=1S/C17H18BrNO3/c18-15-8-6-14(7-9-15)16(10-11-20)19-17(21)22-12-13-4-2-1-3-5-13/h1-9,16,20H,10-12H2,(H,19,21). The molecule has 0 radical (unpaired) electrons. The molecule has 1 amide bonds. The van der Waals surface area contributed by atoms with Crippen LogP contribution in [0.25, 0.3) is 0 Å². The minimum atomic E-state index is -0.495. The molecule has 0 heterocycles. The lowest BCUT2D eigenvalue weighted by Crippen LogP contribution is -2.29. The molecule has 0 saturated heterocycles. The molecule has 2 aromatic carbocycles. The van der Waals surface area contributed by atoms with Gasteiger partial charge in [0, 0.05) is 11.1 Å². The average molecular weight is 364 g/mol. The van der Waals surface area contributed by atoms with Crippen molar-refractivity contribution in [3.05, 3.63) is 70.2 Å². The van der Waals surface area contributed by atoms with Gasteiger partial charge >= 0.3 is 6.09 Å². The third-order valence-corrected chi connectivity index (χ3v) is 3.72. The SMILES string of the molecule is O=C(NC(CCO)c1ccc(Br)cc1)OCc1ccccc1. The maximum atomic E-state index is 11.9. The Morgan fingerprint density at radius 1 is 1.14 bits per heavy atom. The number of amides is 1. The number of hydrogen-bond acceptors (Lipinski definition) is 3. The maximum Gasteiger partial charge on any atom is 0.407 e. The third-order valence-electron chi connectivity index (χ3n) is 3.19. The number of hydrogen-bond donors (Lipinski definition) is 2. The van der Waals surface area contributed by atoms with Crippen molar-refractivity contribution in [2.24, 2.45) is 0 Å². The van der Waals surface area contributed by atoms with E-state index < -0.39 is 6.09 Å². The Morgan fingerprint density at radius 3 is 2.45 bits per heavy atom. The molecule has 22 heavy (non-hydrogen) atoms. The molecular formula is C17H18BrNO3. The van der Waals surface area contributed by atoms with Gasteiger partial charge in [0.1, 0.15) is 6.61 Å². The van der Waals surface area contributed by atoms with E-state index in [1.54, 1.807) is 0 Å². The van der Waals surface area contributed by atoms with E-state index in [2.05, 4.69) is 21.2 Å². The van der Waals surface area contributed by atoms with Crippen molar-refractivity contribution in [1.29, 1.82) is 0 Å². The maximum absolute atomic E-state index is 11.9. The molecule has 5 heteroatoms. The summed E-state index contributed by atoms with van der Waals surface area (Å²) in [4.78, 5) is 11.9. The van der Waals surface area contributed by atoms with E-state index in [4.69, 9.17) is 4.74 Å². The van der Waals surface area contributed by atoms with Crippen LogP contribution in [0.1, 0.15) is 23.6 Å².